The SMILES string of the molecule is C/C=C\C1=C(C)C(=O)N(CCN(C(/C=C(\C)OC)=C/COC)c2ccc3ncc(-c4ccc(N)nc4)nc3c2)C1=O. The van der Waals surface area contributed by atoms with Gasteiger partial charge in [-0.2, -0.15) is 0 Å². The molecule has 0 saturated carbocycles. The lowest BCUT2D eigenvalue weighted by Crippen LogP contribution is -2.39. The standard InChI is InChI=1S/C31H34N6O4/c1-6-7-25-21(3)30(38)37(31(25)39)14-13-36(24(12-15-40-4)16-20(2)41-5)23-9-10-26-27(17-23)35-28(19-33-26)22-8-11-29(32)34-18-22/h6-12,16-19H,13-15H2,1-5H3,(H2,32,34)/b7-6-,20-16+,24-12+. The van der Waals surface area contributed by atoms with Crippen LogP contribution in [0.3, 0.4) is 0 Å². The summed E-state index contributed by atoms with van der Waals surface area (Å²) in [6.07, 6.45) is 10.6. The first-order valence-corrected chi connectivity index (χ1v) is 13.1. The van der Waals surface area contributed by atoms with Gasteiger partial charge in [0.25, 0.3) is 11.8 Å². The largest absolute Gasteiger partial charge is 0.501 e. The van der Waals surface area contributed by atoms with Gasteiger partial charge >= 0.3 is 0 Å². The van der Waals surface area contributed by atoms with Crippen LogP contribution in [0.25, 0.3) is 22.3 Å². The minimum atomic E-state index is -0.303. The number of nitrogens with two attached hydrogens (primary N) is 1. The number of imide groups is 1. The van der Waals surface area contributed by atoms with Crippen molar-refractivity contribution in [2.24, 2.45) is 0 Å². The first-order valence-electron chi connectivity index (χ1n) is 13.1. The zero-order chi connectivity index (χ0) is 29.5. The third-order valence-corrected chi connectivity index (χ3v) is 6.69. The zero-order valence-corrected chi connectivity index (χ0v) is 23.9. The Kier molecular flexibility index (Phi) is 9.26. The molecule has 4 rings (SSSR count). The van der Waals surface area contributed by atoms with Gasteiger partial charge in [0.1, 0.15) is 5.82 Å². The van der Waals surface area contributed by atoms with Gasteiger partial charge in [-0.3, -0.25) is 19.5 Å². The van der Waals surface area contributed by atoms with Gasteiger partial charge in [0.05, 0.1) is 42.4 Å². The quantitative estimate of drug-likeness (QED) is 0.208. The maximum Gasteiger partial charge on any atom is 0.261 e. The molecule has 2 aromatic heterocycles. The number of nitrogen functional groups attached to an aromatic ring is 1. The van der Waals surface area contributed by atoms with E-state index in [0.29, 0.717) is 52.6 Å². The van der Waals surface area contributed by atoms with Crippen LogP contribution in [0.15, 0.2) is 89.6 Å². The van der Waals surface area contributed by atoms with Gasteiger partial charge in [0.15, 0.2) is 0 Å². The number of aromatic nitrogens is 3. The molecule has 0 fully saturated rings. The number of carbonyl (C=O) groups excluding carboxylic acids is 2. The van der Waals surface area contributed by atoms with Gasteiger partial charge in [-0.15, -0.1) is 0 Å². The van der Waals surface area contributed by atoms with Gasteiger partial charge in [0.2, 0.25) is 0 Å². The number of fused-ring (bicyclic) bond motifs is 1. The van der Waals surface area contributed by atoms with Crippen molar-refractivity contribution >= 4 is 34.4 Å². The van der Waals surface area contributed by atoms with Crippen molar-refractivity contribution in [1.29, 1.82) is 0 Å². The summed E-state index contributed by atoms with van der Waals surface area (Å²) in [5, 5.41) is 0. The van der Waals surface area contributed by atoms with E-state index in [1.807, 2.05) is 55.2 Å². The van der Waals surface area contributed by atoms with Crippen LogP contribution in [0.5, 0.6) is 0 Å². The molecule has 10 nitrogen and oxygen atoms in total. The van der Waals surface area contributed by atoms with Crippen LogP contribution in [0.1, 0.15) is 20.8 Å². The maximum atomic E-state index is 13.1. The molecule has 1 aromatic carbocycles. The Balaban J connectivity index is 1.75. The first-order chi connectivity index (χ1) is 19.8. The molecule has 0 atom stereocenters. The molecule has 3 aromatic rings. The third-order valence-electron chi connectivity index (χ3n) is 6.69. The summed E-state index contributed by atoms with van der Waals surface area (Å²) in [7, 11) is 3.21. The van der Waals surface area contributed by atoms with Crippen LogP contribution in [0.2, 0.25) is 0 Å². The van der Waals surface area contributed by atoms with E-state index in [0.717, 1.165) is 16.9 Å². The van der Waals surface area contributed by atoms with E-state index in [2.05, 4.69) is 9.97 Å². The predicted octanol–water partition coefficient (Wildman–Crippen LogP) is 4.42. The molecular weight excluding hydrogens is 520 g/mol. The van der Waals surface area contributed by atoms with Crippen molar-refractivity contribution in [2.75, 3.05) is 44.5 Å². The van der Waals surface area contributed by atoms with Crippen molar-refractivity contribution in [2.45, 2.75) is 20.8 Å². The summed E-state index contributed by atoms with van der Waals surface area (Å²) in [4.78, 5) is 42.9. The average molecular weight is 555 g/mol. The van der Waals surface area contributed by atoms with Gasteiger partial charge in [-0.25, -0.2) is 9.97 Å². The number of pyridine rings is 1. The number of amides is 2. The predicted molar refractivity (Wildman–Crippen MR) is 159 cm³/mol. The number of carbonyl (C=O) groups is 2. The van der Waals surface area contributed by atoms with Crippen LogP contribution in [-0.4, -0.2) is 65.6 Å². The van der Waals surface area contributed by atoms with Crippen molar-refractivity contribution in [1.82, 2.24) is 19.9 Å². The van der Waals surface area contributed by atoms with Gasteiger partial charge in [-0.05, 0) is 63.3 Å². The molecule has 3 heterocycles. The van der Waals surface area contributed by atoms with Crippen molar-refractivity contribution < 1.29 is 19.1 Å². The topological polar surface area (TPSA) is 124 Å². The van der Waals surface area contributed by atoms with E-state index in [1.165, 1.54) is 4.90 Å². The molecule has 10 heteroatoms. The third kappa shape index (κ3) is 6.50. The number of hydrogen-bond donors (Lipinski definition) is 1. The fraction of sp³-hybridized carbons (Fsp3) is 0.258. The summed E-state index contributed by atoms with van der Waals surface area (Å²) < 4.78 is 10.8. The van der Waals surface area contributed by atoms with Gasteiger partial charge < -0.3 is 20.1 Å². The van der Waals surface area contributed by atoms with Crippen molar-refractivity contribution in [3.63, 3.8) is 0 Å². The summed E-state index contributed by atoms with van der Waals surface area (Å²) >= 11 is 0. The van der Waals surface area contributed by atoms with Crippen LogP contribution in [0.4, 0.5) is 11.5 Å². The smallest absolute Gasteiger partial charge is 0.261 e. The lowest BCUT2D eigenvalue weighted by molar-refractivity contribution is -0.137. The Morgan fingerprint density at radius 1 is 1.07 bits per heavy atom. The highest BCUT2D eigenvalue weighted by molar-refractivity contribution is 6.20. The molecule has 2 N–H and O–H groups in total. The number of ether oxygens (including phenoxy) is 2. The minimum absolute atomic E-state index is 0.168. The second-order valence-corrected chi connectivity index (χ2v) is 9.40. The Hall–Kier alpha value is -4.83. The summed E-state index contributed by atoms with van der Waals surface area (Å²) in [5.41, 5.74) is 11.0. The Morgan fingerprint density at radius 2 is 1.88 bits per heavy atom. The van der Waals surface area contributed by atoms with E-state index >= 15 is 0 Å². The Bertz CT molecular complexity index is 1570. The van der Waals surface area contributed by atoms with Crippen LogP contribution in [0, 0.1) is 0 Å². The number of rotatable bonds is 11. The molecule has 0 unspecified atom stereocenters. The molecule has 0 radical (unpaired) electrons. The molecule has 41 heavy (non-hydrogen) atoms. The van der Waals surface area contributed by atoms with Crippen molar-refractivity contribution in [3.05, 3.63) is 89.6 Å². The lowest BCUT2D eigenvalue weighted by atomic mass is 10.1. The van der Waals surface area contributed by atoms with E-state index in [9.17, 15) is 9.59 Å². The highest BCUT2D eigenvalue weighted by Crippen LogP contribution is 2.28. The van der Waals surface area contributed by atoms with E-state index in [1.54, 1.807) is 51.8 Å². The monoisotopic (exact) mass is 554 g/mol. The maximum absolute atomic E-state index is 13.1. The first kappa shape index (κ1) is 29.2. The molecule has 0 saturated heterocycles. The van der Waals surface area contributed by atoms with Crippen LogP contribution < -0.4 is 10.6 Å². The second-order valence-electron chi connectivity index (χ2n) is 9.40. The fourth-order valence-electron chi connectivity index (χ4n) is 4.44. The number of benzene rings is 1. The number of nitrogens with zero attached hydrogens (tertiary/aromatic N) is 5. The normalized spacial score (nSPS) is 14.6. The highest BCUT2D eigenvalue weighted by Gasteiger charge is 2.34. The molecule has 1 aliphatic heterocycles. The number of methoxy groups -OCH3 is 2. The van der Waals surface area contributed by atoms with E-state index in [4.69, 9.17) is 20.2 Å². The van der Waals surface area contributed by atoms with E-state index in [-0.39, 0.29) is 18.4 Å². The molecule has 0 bridgehead atoms. The minimum Gasteiger partial charge on any atom is -0.501 e. The number of hydrogen-bond acceptors (Lipinski definition) is 9. The van der Waals surface area contributed by atoms with E-state index < -0.39 is 0 Å². The van der Waals surface area contributed by atoms with Crippen LogP contribution >= 0.6 is 0 Å². The molecule has 212 valence electrons. The second kappa shape index (κ2) is 13.0. The summed E-state index contributed by atoms with van der Waals surface area (Å²) in [6.45, 7) is 6.17. The van der Waals surface area contributed by atoms with Gasteiger partial charge in [-0.1, -0.05) is 12.2 Å². The Labute approximate surface area is 239 Å². The molecule has 0 spiro atoms. The number of allylic oxidation sites excluding steroid dienone is 3. The van der Waals surface area contributed by atoms with Crippen molar-refractivity contribution in [3.8, 4) is 11.3 Å². The summed E-state index contributed by atoms with van der Waals surface area (Å²) in [5.74, 6) is 0.508. The molecule has 1 aliphatic rings. The zero-order valence-electron chi connectivity index (χ0n) is 23.9. The fourth-order valence-corrected chi connectivity index (χ4v) is 4.44. The Morgan fingerprint density at radius 3 is 2.56 bits per heavy atom. The lowest BCUT2D eigenvalue weighted by Gasteiger charge is -2.28. The highest BCUT2D eigenvalue weighted by atomic mass is 16.5. The molecule has 2 amide bonds. The van der Waals surface area contributed by atoms with Gasteiger partial charge in [0, 0.05) is 54.5 Å². The molecular formula is C31H34N6O4. The van der Waals surface area contributed by atoms with Crippen LogP contribution in [-0.2, 0) is 19.1 Å². The average Bonchev–Trinajstić information content (AvgIpc) is 3.18. The summed E-state index contributed by atoms with van der Waals surface area (Å²) in [6, 6.07) is 9.31. The number of anilines is 2. The molecule has 0 aliphatic carbocycles.